The Kier molecular flexibility index (Phi) is 7.62. The largest absolute Gasteiger partial charge is 0.507 e. The van der Waals surface area contributed by atoms with Crippen LogP contribution in [0.4, 0.5) is 5.69 Å². The number of amides is 2. The van der Waals surface area contributed by atoms with E-state index in [9.17, 15) is 29.9 Å². The third-order valence-corrected chi connectivity index (χ3v) is 8.31. The molecule has 5 rings (SSSR count). The summed E-state index contributed by atoms with van der Waals surface area (Å²) in [6.07, 6.45) is 3.28. The van der Waals surface area contributed by atoms with Crippen molar-refractivity contribution in [3.8, 4) is 5.75 Å². The van der Waals surface area contributed by atoms with E-state index in [4.69, 9.17) is 4.74 Å². The van der Waals surface area contributed by atoms with Gasteiger partial charge in [-0.05, 0) is 73.1 Å². The summed E-state index contributed by atoms with van der Waals surface area (Å²) in [4.78, 5) is 28.2. The molecule has 2 fully saturated rings. The lowest BCUT2D eigenvalue weighted by atomic mass is 9.69. The molecule has 0 saturated carbocycles. The minimum absolute atomic E-state index is 0.191. The van der Waals surface area contributed by atoms with Gasteiger partial charge in [-0.15, -0.1) is 0 Å². The first-order valence-electron chi connectivity index (χ1n) is 12.6. The highest BCUT2D eigenvalue weighted by molar-refractivity contribution is 9.10. The molecule has 3 aliphatic rings. The quantitative estimate of drug-likeness (QED) is 0.225. The van der Waals surface area contributed by atoms with Crippen LogP contribution in [-0.2, 0) is 14.3 Å². The molecule has 2 aromatic rings. The first kappa shape index (κ1) is 26.8. The van der Waals surface area contributed by atoms with Crippen molar-refractivity contribution in [2.75, 3.05) is 18.1 Å². The van der Waals surface area contributed by atoms with E-state index in [2.05, 4.69) is 15.9 Å². The number of aromatic hydroxyl groups is 1. The maximum absolute atomic E-state index is 13.6. The van der Waals surface area contributed by atoms with E-state index in [1.165, 1.54) is 12.1 Å². The Hall–Kier alpha value is -2.76. The average molecular weight is 582 g/mol. The molecule has 2 saturated heterocycles. The van der Waals surface area contributed by atoms with Crippen LogP contribution >= 0.6 is 15.9 Å². The lowest BCUT2D eigenvalue weighted by molar-refractivity contribution is -0.122. The molecule has 0 bridgehead atoms. The fourth-order valence-corrected chi connectivity index (χ4v) is 6.41. The average Bonchev–Trinajstić information content (AvgIpc) is 3.43. The highest BCUT2D eigenvalue weighted by atomic mass is 79.9. The molecule has 4 atom stereocenters. The molecule has 8 nitrogen and oxygen atoms in total. The van der Waals surface area contributed by atoms with Gasteiger partial charge in [0.15, 0.2) is 0 Å². The molecule has 38 heavy (non-hydrogen) atoms. The zero-order valence-electron chi connectivity index (χ0n) is 20.9. The minimum atomic E-state index is -1.71. The summed E-state index contributed by atoms with van der Waals surface area (Å²) >= 11 is 3.42. The fourth-order valence-electron chi connectivity index (χ4n) is 6.04. The summed E-state index contributed by atoms with van der Waals surface area (Å²) in [6, 6.07) is 11.4. The van der Waals surface area contributed by atoms with Gasteiger partial charge in [-0.1, -0.05) is 39.7 Å². The molecule has 10 heteroatoms. The lowest BCUT2D eigenvalue weighted by Crippen LogP contribution is -2.35. The van der Waals surface area contributed by atoms with Gasteiger partial charge in [0.2, 0.25) is 11.8 Å². The maximum Gasteiger partial charge on any atom is 0.488 e. The number of allylic oxidation sites excluding steroid dienone is 1. The Morgan fingerprint density at radius 2 is 1.95 bits per heavy atom. The van der Waals surface area contributed by atoms with Crippen molar-refractivity contribution >= 4 is 52.1 Å². The van der Waals surface area contributed by atoms with Crippen molar-refractivity contribution in [1.82, 2.24) is 0 Å². The molecule has 2 aromatic carbocycles. The van der Waals surface area contributed by atoms with Gasteiger partial charge in [-0.25, -0.2) is 0 Å². The Balaban J connectivity index is 1.36. The van der Waals surface area contributed by atoms with Gasteiger partial charge in [0.05, 0.1) is 36.8 Å². The van der Waals surface area contributed by atoms with E-state index in [0.717, 1.165) is 26.1 Å². The number of aliphatic hydroxyl groups is 1. The molecule has 2 amide bonds. The number of carbonyl (C=O) groups excluding carboxylic acids is 2. The van der Waals surface area contributed by atoms with E-state index < -0.39 is 19.0 Å². The Morgan fingerprint density at radius 3 is 2.68 bits per heavy atom. The molecular weight excluding hydrogens is 553 g/mol. The van der Waals surface area contributed by atoms with Gasteiger partial charge in [-0.2, -0.15) is 0 Å². The molecule has 0 unspecified atom stereocenters. The van der Waals surface area contributed by atoms with Gasteiger partial charge >= 0.3 is 7.12 Å². The molecular formula is C28H29BBrNO7. The van der Waals surface area contributed by atoms with Crippen LogP contribution < -0.4 is 10.4 Å². The number of fused-ring (bicyclic) bond motifs is 3. The first-order valence-corrected chi connectivity index (χ1v) is 13.4. The normalized spacial score (nSPS) is 25.2. The molecule has 0 radical (unpaired) electrons. The second-order valence-corrected chi connectivity index (χ2v) is 11.1. The number of hydrogen-bond donors (Lipinski definition) is 4. The SMILES string of the molecule is C/C(=C\c1cc(Br)ccc1O)CC[C@H]1OC[C@H]2C1=C(CO)C[C@H]1C(=O)N(c3cccc(B(O)O)c3)C(=O)[C@H]12. The summed E-state index contributed by atoms with van der Waals surface area (Å²) in [5.41, 5.74) is 3.94. The topological polar surface area (TPSA) is 128 Å². The number of imide groups is 1. The number of carbonyl (C=O) groups is 2. The van der Waals surface area contributed by atoms with Crippen molar-refractivity contribution in [2.24, 2.45) is 17.8 Å². The molecule has 1 aliphatic carbocycles. The predicted molar refractivity (Wildman–Crippen MR) is 146 cm³/mol. The van der Waals surface area contributed by atoms with E-state index in [-0.39, 0.29) is 48.1 Å². The number of anilines is 1. The number of nitrogens with zero attached hydrogens (tertiary/aromatic N) is 1. The Morgan fingerprint density at radius 1 is 1.16 bits per heavy atom. The van der Waals surface area contributed by atoms with Gasteiger partial charge in [0.25, 0.3) is 0 Å². The van der Waals surface area contributed by atoms with Gasteiger partial charge in [0, 0.05) is 16.0 Å². The third-order valence-electron chi connectivity index (χ3n) is 7.82. The van der Waals surface area contributed by atoms with E-state index in [0.29, 0.717) is 30.7 Å². The van der Waals surface area contributed by atoms with Crippen LogP contribution in [0.25, 0.3) is 6.08 Å². The number of rotatable bonds is 7. The Labute approximate surface area is 229 Å². The van der Waals surface area contributed by atoms with E-state index in [1.54, 1.807) is 24.3 Å². The van der Waals surface area contributed by atoms with Crippen molar-refractivity contribution in [3.63, 3.8) is 0 Å². The molecule has 198 valence electrons. The number of halogens is 1. The van der Waals surface area contributed by atoms with E-state index in [1.807, 2.05) is 19.1 Å². The molecule has 2 heterocycles. The summed E-state index contributed by atoms with van der Waals surface area (Å²) in [5.74, 6) is -1.95. The molecule has 0 spiro atoms. The van der Waals surface area contributed by atoms with Crippen LogP contribution in [0.2, 0.25) is 0 Å². The van der Waals surface area contributed by atoms with Gasteiger partial charge < -0.3 is 25.0 Å². The predicted octanol–water partition coefficient (Wildman–Crippen LogP) is 2.53. The number of aliphatic hydroxyl groups excluding tert-OH is 1. The molecule has 4 N–H and O–H groups in total. The lowest BCUT2D eigenvalue weighted by Gasteiger charge is -2.31. The maximum atomic E-state index is 13.6. The van der Waals surface area contributed by atoms with Crippen LogP contribution in [0.15, 0.2) is 63.7 Å². The number of phenols is 1. The second kappa shape index (κ2) is 10.8. The zero-order valence-corrected chi connectivity index (χ0v) is 22.5. The van der Waals surface area contributed by atoms with Crippen LogP contribution in [-0.4, -0.2) is 58.5 Å². The molecule has 2 aliphatic heterocycles. The van der Waals surface area contributed by atoms with Gasteiger partial charge in [0.1, 0.15) is 5.75 Å². The van der Waals surface area contributed by atoms with Crippen molar-refractivity contribution in [2.45, 2.75) is 32.3 Å². The monoisotopic (exact) mass is 581 g/mol. The molecule has 0 aromatic heterocycles. The summed E-state index contributed by atoms with van der Waals surface area (Å²) in [7, 11) is -1.71. The summed E-state index contributed by atoms with van der Waals surface area (Å²) in [6.45, 7) is 2.07. The van der Waals surface area contributed by atoms with Crippen LogP contribution in [0.3, 0.4) is 0 Å². The van der Waals surface area contributed by atoms with Crippen LogP contribution in [0.5, 0.6) is 5.75 Å². The zero-order chi connectivity index (χ0) is 27.1. The number of hydrogen-bond acceptors (Lipinski definition) is 7. The third kappa shape index (κ3) is 4.87. The smallest absolute Gasteiger partial charge is 0.488 e. The number of ether oxygens (including phenoxy) is 1. The van der Waals surface area contributed by atoms with Crippen molar-refractivity contribution in [1.29, 1.82) is 0 Å². The van der Waals surface area contributed by atoms with Crippen molar-refractivity contribution in [3.05, 3.63) is 69.2 Å². The highest BCUT2D eigenvalue weighted by Gasteiger charge is 2.57. The van der Waals surface area contributed by atoms with Crippen molar-refractivity contribution < 1.29 is 34.6 Å². The summed E-state index contributed by atoms with van der Waals surface area (Å²) in [5, 5.41) is 39.5. The van der Waals surface area contributed by atoms with Crippen LogP contribution in [0, 0.1) is 17.8 Å². The summed E-state index contributed by atoms with van der Waals surface area (Å²) < 4.78 is 7.03. The van der Waals surface area contributed by atoms with Gasteiger partial charge in [-0.3, -0.25) is 14.5 Å². The number of benzene rings is 2. The first-order chi connectivity index (χ1) is 18.2. The second-order valence-electron chi connectivity index (χ2n) is 10.2. The fraction of sp³-hybridized carbons (Fsp3) is 0.357. The van der Waals surface area contributed by atoms with Crippen LogP contribution in [0.1, 0.15) is 31.7 Å². The van der Waals surface area contributed by atoms with E-state index >= 15 is 0 Å². The standard InChI is InChI=1S/C28H29BBrNO7/c1-15(9-16-10-19(30)6-7-23(16)33)5-8-24-25-17(13-32)11-21-26(22(25)14-38-24)28(35)31(27(21)34)20-4-2-3-18(12-20)29(36)37/h2-4,6-7,9-10,12,21-22,24,26,32-33,36-37H,5,8,11,13-14H2,1H3/b15-9+/t21-,22+,24-,26-/m1/s1. The minimum Gasteiger partial charge on any atom is -0.507 e. The highest BCUT2D eigenvalue weighted by Crippen LogP contribution is 2.50. The number of phenolic OH excluding ortho intramolecular Hbond substituents is 1. The Bertz CT molecular complexity index is 1340.